The van der Waals surface area contributed by atoms with Crippen molar-refractivity contribution in [2.75, 3.05) is 6.61 Å². The number of aldehydes is 1. The lowest BCUT2D eigenvalue weighted by molar-refractivity contribution is 0.0809. The highest BCUT2D eigenvalue weighted by molar-refractivity contribution is 5.79. The van der Waals surface area contributed by atoms with Gasteiger partial charge in [-0.25, -0.2) is 8.78 Å². The second-order valence-corrected chi connectivity index (χ2v) is 2.86. The van der Waals surface area contributed by atoms with Gasteiger partial charge in [0.25, 0.3) is 6.43 Å². The summed E-state index contributed by atoms with van der Waals surface area (Å²) >= 11 is 0. The van der Waals surface area contributed by atoms with E-state index in [2.05, 4.69) is 0 Å². The molecule has 1 aromatic rings. The van der Waals surface area contributed by atoms with Crippen LogP contribution in [0.4, 0.5) is 8.78 Å². The molecular formula is C10H10F2O2. The summed E-state index contributed by atoms with van der Waals surface area (Å²) in [5.41, 5.74) is 1.18. The predicted molar refractivity (Wildman–Crippen MR) is 48.1 cm³/mol. The molecule has 0 aliphatic rings. The molecule has 0 N–H and O–H groups in total. The van der Waals surface area contributed by atoms with Crippen LogP contribution in [0, 0.1) is 6.92 Å². The average molecular weight is 200 g/mol. The summed E-state index contributed by atoms with van der Waals surface area (Å²) in [4.78, 5) is 10.6. The summed E-state index contributed by atoms with van der Waals surface area (Å²) < 4.78 is 28.4. The Morgan fingerprint density at radius 1 is 1.50 bits per heavy atom. The molecule has 0 bridgehead atoms. The first-order valence-electron chi connectivity index (χ1n) is 4.10. The lowest BCUT2D eigenvalue weighted by Crippen LogP contribution is -2.08. The second-order valence-electron chi connectivity index (χ2n) is 2.86. The zero-order chi connectivity index (χ0) is 10.6. The Bertz CT molecular complexity index is 324. The number of hydrogen-bond acceptors (Lipinski definition) is 2. The largest absolute Gasteiger partial charge is 0.487 e. The molecule has 14 heavy (non-hydrogen) atoms. The molecule has 0 aliphatic heterocycles. The van der Waals surface area contributed by atoms with Gasteiger partial charge in [-0.05, 0) is 19.1 Å². The summed E-state index contributed by atoms with van der Waals surface area (Å²) in [6.07, 6.45) is -1.94. The average Bonchev–Trinajstić information content (AvgIpc) is 2.15. The molecule has 0 fully saturated rings. The van der Waals surface area contributed by atoms with Gasteiger partial charge in [0.1, 0.15) is 12.4 Å². The fourth-order valence-corrected chi connectivity index (χ4v) is 1.04. The van der Waals surface area contributed by atoms with Crippen molar-refractivity contribution >= 4 is 6.29 Å². The topological polar surface area (TPSA) is 26.3 Å². The van der Waals surface area contributed by atoms with Crippen molar-refractivity contribution in [1.82, 2.24) is 0 Å². The number of carbonyl (C=O) groups is 1. The number of alkyl halides is 2. The zero-order valence-corrected chi connectivity index (χ0v) is 7.67. The van der Waals surface area contributed by atoms with Crippen LogP contribution in [0.25, 0.3) is 0 Å². The fraction of sp³-hybridized carbons (Fsp3) is 0.300. The molecule has 0 radical (unpaired) electrons. The third kappa shape index (κ3) is 2.80. The molecular weight excluding hydrogens is 190 g/mol. The molecule has 0 spiro atoms. The molecule has 0 atom stereocenters. The van der Waals surface area contributed by atoms with E-state index in [0.717, 1.165) is 5.56 Å². The molecule has 0 saturated heterocycles. The lowest BCUT2D eigenvalue weighted by Gasteiger charge is -2.07. The van der Waals surface area contributed by atoms with Gasteiger partial charge in [-0.15, -0.1) is 0 Å². The number of ether oxygens (including phenoxy) is 1. The Morgan fingerprint density at radius 2 is 2.21 bits per heavy atom. The van der Waals surface area contributed by atoms with Gasteiger partial charge in [0.15, 0.2) is 6.29 Å². The van der Waals surface area contributed by atoms with E-state index in [-0.39, 0.29) is 5.75 Å². The maximum Gasteiger partial charge on any atom is 0.272 e. The maximum atomic E-state index is 11.8. The van der Waals surface area contributed by atoms with Gasteiger partial charge >= 0.3 is 0 Å². The first kappa shape index (κ1) is 10.6. The molecule has 2 nitrogen and oxygen atoms in total. The highest BCUT2D eigenvalue weighted by atomic mass is 19.3. The van der Waals surface area contributed by atoms with Gasteiger partial charge in [-0.1, -0.05) is 11.6 Å². The highest BCUT2D eigenvalue weighted by Gasteiger charge is 2.07. The van der Waals surface area contributed by atoms with E-state index in [0.29, 0.717) is 11.8 Å². The summed E-state index contributed by atoms with van der Waals surface area (Å²) in [5.74, 6) is 0.200. The van der Waals surface area contributed by atoms with Crippen molar-refractivity contribution in [1.29, 1.82) is 0 Å². The van der Waals surface area contributed by atoms with Crippen molar-refractivity contribution in [3.05, 3.63) is 29.3 Å². The number of hydrogen-bond donors (Lipinski definition) is 0. The molecule has 0 amide bonds. The molecule has 1 aromatic carbocycles. The molecule has 0 saturated carbocycles. The van der Waals surface area contributed by atoms with E-state index in [1.54, 1.807) is 12.1 Å². The molecule has 0 aliphatic carbocycles. The second kappa shape index (κ2) is 4.69. The molecule has 0 aromatic heterocycles. The van der Waals surface area contributed by atoms with E-state index in [1.807, 2.05) is 6.92 Å². The van der Waals surface area contributed by atoms with Crippen LogP contribution in [0.2, 0.25) is 0 Å². The zero-order valence-electron chi connectivity index (χ0n) is 7.67. The SMILES string of the molecule is Cc1ccc(OCC(F)F)c(C=O)c1. The Hall–Kier alpha value is -1.45. The molecule has 1 rings (SSSR count). The Kier molecular flexibility index (Phi) is 3.56. The Labute approximate surface area is 80.5 Å². The summed E-state index contributed by atoms with van der Waals surface area (Å²) in [6, 6.07) is 4.81. The summed E-state index contributed by atoms with van der Waals surface area (Å²) in [5, 5.41) is 0. The number of benzene rings is 1. The summed E-state index contributed by atoms with van der Waals surface area (Å²) in [7, 11) is 0. The molecule has 0 unspecified atom stereocenters. The minimum atomic E-state index is -2.53. The number of carbonyl (C=O) groups excluding carboxylic acids is 1. The third-order valence-electron chi connectivity index (χ3n) is 1.66. The minimum absolute atomic E-state index is 0.200. The standard InChI is InChI=1S/C10H10F2O2/c1-7-2-3-9(8(4-7)5-13)14-6-10(11)12/h2-5,10H,6H2,1H3. The number of aryl methyl sites for hydroxylation is 1. The van der Waals surface area contributed by atoms with Crippen LogP contribution in [-0.4, -0.2) is 19.3 Å². The maximum absolute atomic E-state index is 11.8. The van der Waals surface area contributed by atoms with E-state index < -0.39 is 13.0 Å². The van der Waals surface area contributed by atoms with Crippen LogP contribution in [0.15, 0.2) is 18.2 Å². The van der Waals surface area contributed by atoms with Crippen LogP contribution in [-0.2, 0) is 0 Å². The molecule has 76 valence electrons. The van der Waals surface area contributed by atoms with Crippen molar-refractivity contribution in [2.24, 2.45) is 0 Å². The van der Waals surface area contributed by atoms with Gasteiger partial charge < -0.3 is 4.74 Å². The van der Waals surface area contributed by atoms with Crippen LogP contribution >= 0.6 is 0 Å². The van der Waals surface area contributed by atoms with E-state index in [1.165, 1.54) is 6.07 Å². The van der Waals surface area contributed by atoms with Crippen LogP contribution in [0.5, 0.6) is 5.75 Å². The monoisotopic (exact) mass is 200 g/mol. The third-order valence-corrected chi connectivity index (χ3v) is 1.66. The van der Waals surface area contributed by atoms with Crippen LogP contribution in [0.3, 0.4) is 0 Å². The number of rotatable bonds is 4. The first-order chi connectivity index (χ1) is 6.63. The fourth-order valence-electron chi connectivity index (χ4n) is 1.04. The predicted octanol–water partition coefficient (Wildman–Crippen LogP) is 2.45. The van der Waals surface area contributed by atoms with Crippen LogP contribution < -0.4 is 4.74 Å². The van der Waals surface area contributed by atoms with Crippen molar-refractivity contribution in [3.63, 3.8) is 0 Å². The Balaban J connectivity index is 2.80. The van der Waals surface area contributed by atoms with Gasteiger partial charge in [0.2, 0.25) is 0 Å². The van der Waals surface area contributed by atoms with Crippen molar-refractivity contribution in [2.45, 2.75) is 13.3 Å². The van der Waals surface area contributed by atoms with Gasteiger partial charge in [0.05, 0.1) is 5.56 Å². The highest BCUT2D eigenvalue weighted by Crippen LogP contribution is 2.18. The lowest BCUT2D eigenvalue weighted by atomic mass is 10.1. The Morgan fingerprint density at radius 3 is 2.79 bits per heavy atom. The quantitative estimate of drug-likeness (QED) is 0.698. The number of halogens is 2. The first-order valence-corrected chi connectivity index (χ1v) is 4.10. The smallest absolute Gasteiger partial charge is 0.272 e. The van der Waals surface area contributed by atoms with Gasteiger partial charge in [-0.3, -0.25) is 4.79 Å². The van der Waals surface area contributed by atoms with E-state index >= 15 is 0 Å². The van der Waals surface area contributed by atoms with Crippen molar-refractivity contribution in [3.8, 4) is 5.75 Å². The van der Waals surface area contributed by atoms with Crippen molar-refractivity contribution < 1.29 is 18.3 Å². The summed E-state index contributed by atoms with van der Waals surface area (Å²) in [6.45, 7) is 1.12. The normalized spacial score (nSPS) is 10.3. The van der Waals surface area contributed by atoms with E-state index in [9.17, 15) is 13.6 Å². The van der Waals surface area contributed by atoms with Gasteiger partial charge in [0, 0.05) is 0 Å². The van der Waals surface area contributed by atoms with Gasteiger partial charge in [-0.2, -0.15) is 0 Å². The van der Waals surface area contributed by atoms with E-state index in [4.69, 9.17) is 4.74 Å². The molecule has 4 heteroatoms. The minimum Gasteiger partial charge on any atom is -0.487 e. The van der Waals surface area contributed by atoms with Crippen LogP contribution in [0.1, 0.15) is 15.9 Å². The molecule has 0 heterocycles.